The van der Waals surface area contributed by atoms with Gasteiger partial charge in [-0.25, -0.2) is 9.37 Å². The van der Waals surface area contributed by atoms with Gasteiger partial charge in [-0.3, -0.25) is 4.68 Å². The quantitative estimate of drug-likeness (QED) is 0.673. The van der Waals surface area contributed by atoms with Crippen LogP contribution in [0.4, 0.5) is 4.39 Å². The summed E-state index contributed by atoms with van der Waals surface area (Å²) in [7, 11) is 0. The molecule has 0 aliphatic carbocycles. The molecule has 0 fully saturated rings. The monoisotopic (exact) mass is 301 g/mol. The Morgan fingerprint density at radius 3 is 2.62 bits per heavy atom. The predicted octanol–water partition coefficient (Wildman–Crippen LogP) is 4.35. The van der Waals surface area contributed by atoms with Gasteiger partial charge in [0.2, 0.25) is 0 Å². The average Bonchev–Trinajstić information content (AvgIpc) is 2.97. The normalized spacial score (nSPS) is 12.3. The molecule has 0 aliphatic rings. The van der Waals surface area contributed by atoms with Gasteiger partial charge in [0.05, 0.1) is 17.9 Å². The highest BCUT2D eigenvalue weighted by Crippen LogP contribution is 2.22. The standard InChI is InChI=1S/C16H13ClFN3/c1-11(12-5-7-14(18)8-6-12)21-10-13(9-19-21)15-3-2-4-16(17)20-15/h2-11H,1H3. The number of hydrogen-bond acceptors (Lipinski definition) is 2. The van der Waals surface area contributed by atoms with E-state index in [0.717, 1.165) is 16.8 Å². The first-order chi connectivity index (χ1) is 10.1. The first-order valence-electron chi connectivity index (χ1n) is 6.56. The third-order valence-corrected chi connectivity index (χ3v) is 3.57. The molecule has 0 saturated carbocycles. The van der Waals surface area contributed by atoms with Crippen molar-refractivity contribution in [3.63, 3.8) is 0 Å². The van der Waals surface area contributed by atoms with Crippen molar-refractivity contribution < 1.29 is 4.39 Å². The molecule has 0 bridgehead atoms. The highest BCUT2D eigenvalue weighted by molar-refractivity contribution is 6.29. The Kier molecular flexibility index (Phi) is 3.71. The van der Waals surface area contributed by atoms with Gasteiger partial charge in [-0.05, 0) is 36.8 Å². The third-order valence-electron chi connectivity index (χ3n) is 3.36. The van der Waals surface area contributed by atoms with Crippen LogP contribution in [0.25, 0.3) is 11.3 Å². The van der Waals surface area contributed by atoms with Crippen molar-refractivity contribution in [3.8, 4) is 11.3 Å². The Balaban J connectivity index is 1.89. The van der Waals surface area contributed by atoms with Crippen LogP contribution in [-0.2, 0) is 0 Å². The molecule has 0 spiro atoms. The van der Waals surface area contributed by atoms with Gasteiger partial charge in [0.15, 0.2) is 0 Å². The Bertz CT molecular complexity index is 752. The maximum atomic E-state index is 13.0. The van der Waals surface area contributed by atoms with E-state index in [0.29, 0.717) is 5.15 Å². The zero-order chi connectivity index (χ0) is 14.8. The molecule has 0 N–H and O–H groups in total. The van der Waals surface area contributed by atoms with Crippen molar-refractivity contribution in [2.24, 2.45) is 0 Å². The summed E-state index contributed by atoms with van der Waals surface area (Å²) < 4.78 is 14.8. The maximum absolute atomic E-state index is 13.0. The molecule has 21 heavy (non-hydrogen) atoms. The molecular weight excluding hydrogens is 289 g/mol. The Morgan fingerprint density at radius 1 is 1.14 bits per heavy atom. The summed E-state index contributed by atoms with van der Waals surface area (Å²) in [5, 5.41) is 4.81. The largest absolute Gasteiger partial charge is 0.265 e. The minimum absolute atomic E-state index is 0.0125. The fourth-order valence-corrected chi connectivity index (χ4v) is 2.31. The zero-order valence-electron chi connectivity index (χ0n) is 11.4. The van der Waals surface area contributed by atoms with Crippen molar-refractivity contribution >= 4 is 11.6 Å². The Labute approximate surface area is 127 Å². The van der Waals surface area contributed by atoms with Crippen LogP contribution >= 0.6 is 11.6 Å². The van der Waals surface area contributed by atoms with Gasteiger partial charge >= 0.3 is 0 Å². The van der Waals surface area contributed by atoms with Crippen molar-refractivity contribution in [2.45, 2.75) is 13.0 Å². The van der Waals surface area contributed by atoms with Gasteiger partial charge in [0.25, 0.3) is 0 Å². The van der Waals surface area contributed by atoms with Gasteiger partial charge in [-0.2, -0.15) is 5.10 Å². The average molecular weight is 302 g/mol. The van der Waals surface area contributed by atoms with E-state index in [1.165, 1.54) is 12.1 Å². The van der Waals surface area contributed by atoms with Crippen LogP contribution in [0.2, 0.25) is 5.15 Å². The Hall–Kier alpha value is -2.20. The van der Waals surface area contributed by atoms with E-state index in [1.807, 2.05) is 29.9 Å². The van der Waals surface area contributed by atoms with Crippen molar-refractivity contribution in [2.75, 3.05) is 0 Å². The molecule has 5 heteroatoms. The number of pyridine rings is 1. The predicted molar refractivity (Wildman–Crippen MR) is 80.7 cm³/mol. The first kappa shape index (κ1) is 13.8. The number of halogens is 2. The lowest BCUT2D eigenvalue weighted by atomic mass is 10.1. The highest BCUT2D eigenvalue weighted by Gasteiger charge is 2.11. The fourth-order valence-electron chi connectivity index (χ4n) is 2.15. The van der Waals surface area contributed by atoms with Gasteiger partial charge in [-0.15, -0.1) is 0 Å². The summed E-state index contributed by atoms with van der Waals surface area (Å²) in [5.74, 6) is -0.241. The van der Waals surface area contributed by atoms with E-state index >= 15 is 0 Å². The molecule has 3 aromatic rings. The second-order valence-electron chi connectivity index (χ2n) is 4.78. The molecule has 0 radical (unpaired) electrons. The second kappa shape index (κ2) is 5.66. The number of nitrogens with zero attached hydrogens (tertiary/aromatic N) is 3. The van der Waals surface area contributed by atoms with Crippen molar-refractivity contribution in [3.05, 3.63) is 71.4 Å². The van der Waals surface area contributed by atoms with Crippen LogP contribution < -0.4 is 0 Å². The topological polar surface area (TPSA) is 30.7 Å². The number of aromatic nitrogens is 3. The molecule has 0 aliphatic heterocycles. The summed E-state index contributed by atoms with van der Waals surface area (Å²) in [4.78, 5) is 4.26. The molecule has 3 nitrogen and oxygen atoms in total. The van der Waals surface area contributed by atoms with E-state index in [9.17, 15) is 4.39 Å². The molecule has 0 saturated heterocycles. The van der Waals surface area contributed by atoms with Gasteiger partial charge in [0, 0.05) is 11.8 Å². The van der Waals surface area contributed by atoms with E-state index in [4.69, 9.17) is 11.6 Å². The lowest BCUT2D eigenvalue weighted by Gasteiger charge is -2.12. The van der Waals surface area contributed by atoms with E-state index in [-0.39, 0.29) is 11.9 Å². The summed E-state index contributed by atoms with van der Waals surface area (Å²) in [6, 6.07) is 11.9. The number of benzene rings is 1. The highest BCUT2D eigenvalue weighted by atomic mass is 35.5. The van der Waals surface area contributed by atoms with Gasteiger partial charge in [-0.1, -0.05) is 29.8 Å². The molecule has 1 unspecified atom stereocenters. The van der Waals surface area contributed by atoms with Gasteiger partial charge < -0.3 is 0 Å². The van der Waals surface area contributed by atoms with Crippen LogP contribution in [0.15, 0.2) is 54.9 Å². The molecule has 2 aromatic heterocycles. The van der Waals surface area contributed by atoms with E-state index in [2.05, 4.69) is 10.1 Å². The summed E-state index contributed by atoms with van der Waals surface area (Å²) in [6.45, 7) is 2.01. The minimum Gasteiger partial charge on any atom is -0.265 e. The van der Waals surface area contributed by atoms with Crippen LogP contribution in [0.1, 0.15) is 18.5 Å². The summed E-state index contributed by atoms with van der Waals surface area (Å²) in [5.41, 5.74) is 2.66. The SMILES string of the molecule is CC(c1ccc(F)cc1)n1cc(-c2cccc(Cl)n2)cn1. The van der Waals surface area contributed by atoms with Gasteiger partial charge in [0.1, 0.15) is 11.0 Å². The summed E-state index contributed by atoms with van der Waals surface area (Å²) >= 11 is 5.90. The van der Waals surface area contributed by atoms with Crippen LogP contribution in [0.3, 0.4) is 0 Å². The smallest absolute Gasteiger partial charge is 0.129 e. The summed E-state index contributed by atoms with van der Waals surface area (Å²) in [6.07, 6.45) is 3.66. The lowest BCUT2D eigenvalue weighted by Crippen LogP contribution is -2.06. The molecule has 106 valence electrons. The molecular formula is C16H13ClFN3. The second-order valence-corrected chi connectivity index (χ2v) is 5.17. The first-order valence-corrected chi connectivity index (χ1v) is 6.94. The minimum atomic E-state index is -0.241. The van der Waals surface area contributed by atoms with Crippen LogP contribution in [0, 0.1) is 5.82 Å². The van der Waals surface area contributed by atoms with Crippen molar-refractivity contribution in [1.82, 2.24) is 14.8 Å². The molecule has 3 rings (SSSR count). The third kappa shape index (κ3) is 2.95. The maximum Gasteiger partial charge on any atom is 0.129 e. The lowest BCUT2D eigenvalue weighted by molar-refractivity contribution is 0.561. The molecule has 0 amide bonds. The van der Waals surface area contributed by atoms with E-state index in [1.54, 1.807) is 24.4 Å². The fraction of sp³-hybridized carbons (Fsp3) is 0.125. The molecule has 2 heterocycles. The number of hydrogen-bond donors (Lipinski definition) is 0. The molecule has 1 aromatic carbocycles. The van der Waals surface area contributed by atoms with Crippen molar-refractivity contribution in [1.29, 1.82) is 0 Å². The Morgan fingerprint density at radius 2 is 1.90 bits per heavy atom. The number of rotatable bonds is 3. The van der Waals surface area contributed by atoms with E-state index < -0.39 is 0 Å². The molecule has 1 atom stereocenters. The van der Waals surface area contributed by atoms with Crippen LogP contribution in [0.5, 0.6) is 0 Å². The zero-order valence-corrected chi connectivity index (χ0v) is 12.1. The van der Waals surface area contributed by atoms with Crippen LogP contribution in [-0.4, -0.2) is 14.8 Å².